The maximum Gasteiger partial charge on any atom is 0.0838 e. The molecule has 0 bridgehead atoms. The van der Waals surface area contributed by atoms with Crippen molar-refractivity contribution in [1.29, 1.82) is 0 Å². The average molecular weight is 326 g/mol. The van der Waals surface area contributed by atoms with Crippen molar-refractivity contribution < 1.29 is 5.11 Å². The minimum atomic E-state index is -0.0539. The molecule has 1 unspecified atom stereocenters. The van der Waals surface area contributed by atoms with Crippen LogP contribution in [0.1, 0.15) is 21.4 Å². The second-order valence-corrected chi connectivity index (χ2v) is 6.44. The third kappa shape index (κ3) is 3.13. The predicted molar refractivity (Wildman–Crippen MR) is 81.4 cm³/mol. The summed E-state index contributed by atoms with van der Waals surface area (Å²) in [6.07, 6.45) is 0. The van der Waals surface area contributed by atoms with Gasteiger partial charge >= 0.3 is 0 Å². The molecule has 18 heavy (non-hydrogen) atoms. The van der Waals surface area contributed by atoms with Gasteiger partial charge in [-0.05, 0) is 53.5 Å². The number of rotatable bonds is 4. The van der Waals surface area contributed by atoms with Crippen LogP contribution < -0.4 is 5.32 Å². The summed E-state index contributed by atoms with van der Waals surface area (Å²) in [4.78, 5) is 2.37. The first kappa shape index (κ1) is 13.6. The van der Waals surface area contributed by atoms with E-state index < -0.39 is 0 Å². The summed E-state index contributed by atoms with van der Waals surface area (Å²) < 4.78 is 1.10. The first-order chi connectivity index (χ1) is 8.60. The van der Waals surface area contributed by atoms with Crippen molar-refractivity contribution in [2.24, 2.45) is 0 Å². The quantitative estimate of drug-likeness (QED) is 0.879. The molecule has 2 rings (SSSR count). The fourth-order valence-corrected chi connectivity index (χ4v) is 3.40. The third-order valence-electron chi connectivity index (χ3n) is 2.76. The van der Waals surface area contributed by atoms with Crippen LogP contribution in [-0.2, 0) is 0 Å². The Balaban J connectivity index is 2.19. The number of aliphatic hydroxyl groups excluding tert-OH is 1. The van der Waals surface area contributed by atoms with Crippen molar-refractivity contribution in [2.45, 2.75) is 19.9 Å². The van der Waals surface area contributed by atoms with E-state index in [0.29, 0.717) is 0 Å². The van der Waals surface area contributed by atoms with Crippen LogP contribution in [0.4, 0.5) is 5.69 Å². The van der Waals surface area contributed by atoms with Gasteiger partial charge in [0.2, 0.25) is 0 Å². The minimum Gasteiger partial charge on any atom is -0.394 e. The van der Waals surface area contributed by atoms with Gasteiger partial charge in [0.15, 0.2) is 0 Å². The normalized spacial score (nSPS) is 12.4. The number of thiophene rings is 1. The zero-order chi connectivity index (χ0) is 13.1. The summed E-state index contributed by atoms with van der Waals surface area (Å²) in [6, 6.07) is 10.2. The van der Waals surface area contributed by atoms with Crippen molar-refractivity contribution in [1.82, 2.24) is 0 Å². The fraction of sp³-hybridized carbons (Fsp3) is 0.286. The first-order valence-electron chi connectivity index (χ1n) is 5.80. The van der Waals surface area contributed by atoms with Crippen LogP contribution in [0.2, 0.25) is 0 Å². The molecule has 0 fully saturated rings. The largest absolute Gasteiger partial charge is 0.394 e. The molecule has 0 aliphatic heterocycles. The van der Waals surface area contributed by atoms with E-state index >= 15 is 0 Å². The van der Waals surface area contributed by atoms with E-state index in [1.54, 1.807) is 11.3 Å². The van der Waals surface area contributed by atoms with Gasteiger partial charge in [0.25, 0.3) is 0 Å². The molecular weight excluding hydrogens is 310 g/mol. The molecule has 2 aromatic rings. The molecule has 0 saturated heterocycles. The van der Waals surface area contributed by atoms with Gasteiger partial charge in [-0.15, -0.1) is 11.3 Å². The minimum absolute atomic E-state index is 0.0539. The molecule has 0 aliphatic rings. The number of hydrogen-bond acceptors (Lipinski definition) is 3. The maximum atomic E-state index is 9.54. The summed E-state index contributed by atoms with van der Waals surface area (Å²) in [5.74, 6) is 0. The number of hydrogen-bond donors (Lipinski definition) is 2. The number of halogens is 1. The van der Waals surface area contributed by atoms with Crippen molar-refractivity contribution in [3.05, 3.63) is 50.1 Å². The molecular formula is C14H16BrNOS. The second-order valence-electron chi connectivity index (χ2n) is 4.30. The van der Waals surface area contributed by atoms with Crippen LogP contribution in [-0.4, -0.2) is 11.7 Å². The molecule has 2 nitrogen and oxygen atoms in total. The zero-order valence-electron chi connectivity index (χ0n) is 10.4. The Morgan fingerprint density at radius 1 is 1.33 bits per heavy atom. The van der Waals surface area contributed by atoms with Crippen molar-refractivity contribution in [3.63, 3.8) is 0 Å². The first-order valence-corrected chi connectivity index (χ1v) is 7.41. The van der Waals surface area contributed by atoms with Gasteiger partial charge < -0.3 is 10.4 Å². The molecule has 2 N–H and O–H groups in total. The van der Waals surface area contributed by atoms with Gasteiger partial charge in [-0.2, -0.15) is 0 Å². The summed E-state index contributed by atoms with van der Waals surface area (Å²) in [5, 5.41) is 12.9. The number of nitrogens with one attached hydrogen (secondary N) is 1. The smallest absolute Gasteiger partial charge is 0.0838 e. The van der Waals surface area contributed by atoms with Crippen molar-refractivity contribution in [3.8, 4) is 0 Å². The Morgan fingerprint density at radius 3 is 2.67 bits per heavy atom. The third-order valence-corrected chi connectivity index (χ3v) is 5.01. The summed E-state index contributed by atoms with van der Waals surface area (Å²) in [6.45, 7) is 4.21. The van der Waals surface area contributed by atoms with E-state index in [0.717, 1.165) is 15.0 Å². The van der Waals surface area contributed by atoms with E-state index in [-0.39, 0.29) is 12.6 Å². The number of benzene rings is 1. The highest BCUT2D eigenvalue weighted by Gasteiger charge is 2.14. The van der Waals surface area contributed by atoms with E-state index in [4.69, 9.17) is 0 Å². The van der Waals surface area contributed by atoms with E-state index in [1.165, 1.54) is 10.4 Å². The Hall–Kier alpha value is -0.840. The van der Waals surface area contributed by atoms with Gasteiger partial charge in [-0.3, -0.25) is 0 Å². The van der Waals surface area contributed by atoms with Gasteiger partial charge in [0.1, 0.15) is 0 Å². The fourth-order valence-electron chi connectivity index (χ4n) is 1.80. The average Bonchev–Trinajstić information content (AvgIpc) is 2.66. The molecule has 0 spiro atoms. The predicted octanol–water partition coefficient (Wildman–Crippen LogP) is 4.27. The Kier molecular flexibility index (Phi) is 4.43. The highest BCUT2D eigenvalue weighted by Crippen LogP contribution is 2.32. The lowest BCUT2D eigenvalue weighted by Gasteiger charge is -2.16. The summed E-state index contributed by atoms with van der Waals surface area (Å²) in [5.41, 5.74) is 2.25. The van der Waals surface area contributed by atoms with E-state index in [2.05, 4.69) is 53.3 Å². The van der Waals surface area contributed by atoms with Gasteiger partial charge in [0, 0.05) is 19.9 Å². The zero-order valence-corrected chi connectivity index (χ0v) is 12.8. The maximum absolute atomic E-state index is 9.54. The number of aryl methyl sites for hydroxylation is 2. The van der Waals surface area contributed by atoms with Crippen LogP contribution >= 0.6 is 27.3 Å². The SMILES string of the molecule is Cc1cccc(NC(CO)c2cc(Br)c(C)s2)c1. The molecule has 1 aromatic carbocycles. The number of aliphatic hydroxyl groups is 1. The van der Waals surface area contributed by atoms with Gasteiger partial charge in [0.05, 0.1) is 12.6 Å². The molecule has 96 valence electrons. The molecule has 4 heteroatoms. The van der Waals surface area contributed by atoms with E-state index in [9.17, 15) is 5.11 Å². The molecule has 0 radical (unpaired) electrons. The molecule has 0 aliphatic carbocycles. The molecule has 1 heterocycles. The highest BCUT2D eigenvalue weighted by atomic mass is 79.9. The lowest BCUT2D eigenvalue weighted by molar-refractivity contribution is 0.277. The topological polar surface area (TPSA) is 32.3 Å². The van der Waals surface area contributed by atoms with Crippen molar-refractivity contribution in [2.75, 3.05) is 11.9 Å². The van der Waals surface area contributed by atoms with Crippen molar-refractivity contribution >= 4 is 33.0 Å². The van der Waals surface area contributed by atoms with Crippen LogP contribution in [0.3, 0.4) is 0 Å². The summed E-state index contributed by atoms with van der Waals surface area (Å²) >= 11 is 5.21. The highest BCUT2D eigenvalue weighted by molar-refractivity contribution is 9.10. The summed E-state index contributed by atoms with van der Waals surface area (Å²) in [7, 11) is 0. The van der Waals surface area contributed by atoms with Crippen LogP contribution in [0.5, 0.6) is 0 Å². The second kappa shape index (κ2) is 5.87. The van der Waals surface area contributed by atoms with Crippen LogP contribution in [0, 0.1) is 13.8 Å². The lowest BCUT2D eigenvalue weighted by Crippen LogP contribution is -2.13. The lowest BCUT2D eigenvalue weighted by atomic mass is 10.2. The monoisotopic (exact) mass is 325 g/mol. The Labute approximate surface area is 120 Å². The van der Waals surface area contributed by atoms with Crippen LogP contribution in [0.25, 0.3) is 0 Å². The Morgan fingerprint density at radius 2 is 2.11 bits per heavy atom. The molecule has 1 aromatic heterocycles. The van der Waals surface area contributed by atoms with Gasteiger partial charge in [-0.25, -0.2) is 0 Å². The standard InChI is InChI=1S/C14H16BrNOS/c1-9-4-3-5-11(6-9)16-13(8-17)14-7-12(15)10(2)18-14/h3-7,13,16-17H,8H2,1-2H3. The van der Waals surface area contributed by atoms with E-state index in [1.807, 2.05) is 12.1 Å². The Bertz CT molecular complexity index is 519. The number of anilines is 1. The van der Waals surface area contributed by atoms with Crippen LogP contribution in [0.15, 0.2) is 34.8 Å². The molecule has 0 amide bonds. The van der Waals surface area contributed by atoms with Gasteiger partial charge in [-0.1, -0.05) is 12.1 Å². The molecule has 1 atom stereocenters. The molecule has 0 saturated carbocycles.